The summed E-state index contributed by atoms with van der Waals surface area (Å²) in [5.41, 5.74) is 2.16. The van der Waals surface area contributed by atoms with E-state index in [2.05, 4.69) is 10.2 Å². The third kappa shape index (κ3) is 5.11. The Hall–Kier alpha value is -3.31. The number of likely N-dealkylation sites (N-methyl/N-ethyl adjacent to an activating group) is 1. The molecular weight excluding hydrogens is 400 g/mol. The number of hydrogen-bond acceptors (Lipinski definition) is 4. The van der Waals surface area contributed by atoms with E-state index in [0.717, 1.165) is 42.0 Å². The van der Waals surface area contributed by atoms with Crippen LogP contribution in [0.25, 0.3) is 0 Å². The second-order valence-corrected chi connectivity index (χ2v) is 8.58. The van der Waals surface area contributed by atoms with Gasteiger partial charge in [-0.1, -0.05) is 42.5 Å². The van der Waals surface area contributed by atoms with Gasteiger partial charge in [-0.3, -0.25) is 4.79 Å². The normalized spacial score (nSPS) is 14.1. The van der Waals surface area contributed by atoms with Crippen LogP contribution in [0.15, 0.2) is 72.8 Å². The van der Waals surface area contributed by atoms with Gasteiger partial charge in [0, 0.05) is 17.7 Å². The lowest BCUT2D eigenvalue weighted by Gasteiger charge is -2.22. The van der Waals surface area contributed by atoms with Gasteiger partial charge in [-0.05, 0) is 69.8 Å². The van der Waals surface area contributed by atoms with Crippen LogP contribution in [0.5, 0.6) is 17.2 Å². The van der Waals surface area contributed by atoms with Crippen molar-refractivity contribution in [2.24, 2.45) is 0 Å². The van der Waals surface area contributed by atoms with Crippen LogP contribution in [0, 0.1) is 6.92 Å². The Bertz CT molecular complexity index is 1080. The van der Waals surface area contributed by atoms with Gasteiger partial charge in [0.1, 0.15) is 23.9 Å². The first-order chi connectivity index (χ1) is 15.5. The quantitative estimate of drug-likeness (QED) is 0.510. The summed E-state index contributed by atoms with van der Waals surface area (Å²) in [6.07, 6.45) is 1.76. The van der Waals surface area contributed by atoms with Gasteiger partial charge in [0.25, 0.3) is 5.91 Å². The minimum absolute atomic E-state index is 0.0902. The molecule has 0 atom stereocenters. The zero-order valence-electron chi connectivity index (χ0n) is 18.9. The van der Waals surface area contributed by atoms with Gasteiger partial charge >= 0.3 is 0 Å². The van der Waals surface area contributed by atoms with Gasteiger partial charge in [-0.2, -0.15) is 0 Å². The first-order valence-corrected chi connectivity index (χ1v) is 11.0. The fourth-order valence-corrected chi connectivity index (χ4v) is 3.72. The Labute approximate surface area is 190 Å². The third-order valence-electron chi connectivity index (χ3n) is 5.74. The van der Waals surface area contributed by atoms with Crippen molar-refractivity contribution in [1.82, 2.24) is 10.2 Å². The molecule has 5 heteroatoms. The van der Waals surface area contributed by atoms with Crippen LogP contribution < -0.4 is 14.8 Å². The van der Waals surface area contributed by atoms with Gasteiger partial charge < -0.3 is 19.7 Å². The minimum Gasteiger partial charge on any atom is -0.492 e. The van der Waals surface area contributed by atoms with E-state index in [1.165, 1.54) is 0 Å². The van der Waals surface area contributed by atoms with Crippen LogP contribution in [0.3, 0.4) is 0 Å². The number of benzene rings is 3. The fraction of sp³-hybridized carbons (Fsp3) is 0.296. The first-order valence-electron chi connectivity index (χ1n) is 11.0. The highest BCUT2D eigenvalue weighted by Gasteiger charge is 2.47. The number of rotatable bonds is 9. The molecule has 0 aliphatic heterocycles. The lowest BCUT2D eigenvalue weighted by Crippen LogP contribution is -2.35. The Morgan fingerprint density at radius 3 is 2.41 bits per heavy atom. The summed E-state index contributed by atoms with van der Waals surface area (Å²) in [6.45, 7) is 3.34. The highest BCUT2D eigenvalue weighted by atomic mass is 16.5. The van der Waals surface area contributed by atoms with E-state index >= 15 is 0 Å². The molecule has 3 aromatic rings. The Balaban J connectivity index is 1.52. The van der Waals surface area contributed by atoms with Crippen LogP contribution in [0.2, 0.25) is 0 Å². The van der Waals surface area contributed by atoms with Crippen molar-refractivity contribution in [1.29, 1.82) is 0 Å². The van der Waals surface area contributed by atoms with Crippen molar-refractivity contribution in [3.63, 3.8) is 0 Å². The molecule has 1 aliphatic rings. The molecule has 0 aromatic heterocycles. The standard InChI is InChI=1S/C27H30N2O3/c1-20-13-14-22(31-18-17-29(2)3)19-23(20)26(30)28-27(15-16-27)24-11-7-8-12-25(24)32-21-9-5-4-6-10-21/h4-14,19H,15-18H2,1-3H3,(H,28,30). The topological polar surface area (TPSA) is 50.8 Å². The summed E-state index contributed by atoms with van der Waals surface area (Å²) in [5.74, 6) is 2.17. The molecule has 3 aromatic carbocycles. The molecule has 1 aliphatic carbocycles. The Morgan fingerprint density at radius 2 is 1.69 bits per heavy atom. The molecule has 1 fully saturated rings. The smallest absolute Gasteiger partial charge is 0.252 e. The number of aryl methyl sites for hydroxylation is 1. The summed E-state index contributed by atoms with van der Waals surface area (Å²) < 4.78 is 12.0. The van der Waals surface area contributed by atoms with Gasteiger partial charge in [0.2, 0.25) is 0 Å². The molecule has 0 saturated heterocycles. The molecule has 0 radical (unpaired) electrons. The van der Waals surface area contributed by atoms with Crippen molar-refractivity contribution in [2.45, 2.75) is 25.3 Å². The molecule has 32 heavy (non-hydrogen) atoms. The number of nitrogens with one attached hydrogen (secondary N) is 1. The van der Waals surface area contributed by atoms with Crippen LogP contribution in [0.4, 0.5) is 0 Å². The predicted octanol–water partition coefficient (Wildman–Crippen LogP) is 5.15. The van der Waals surface area contributed by atoms with Gasteiger partial charge in [0.15, 0.2) is 0 Å². The molecule has 5 nitrogen and oxygen atoms in total. The number of amides is 1. The van der Waals surface area contributed by atoms with E-state index < -0.39 is 5.54 Å². The fourth-order valence-electron chi connectivity index (χ4n) is 3.72. The second-order valence-electron chi connectivity index (χ2n) is 8.58. The molecule has 1 N–H and O–H groups in total. The first kappa shape index (κ1) is 21.9. The predicted molar refractivity (Wildman–Crippen MR) is 127 cm³/mol. The summed E-state index contributed by atoms with van der Waals surface area (Å²) in [6, 6.07) is 23.3. The second kappa shape index (κ2) is 9.45. The summed E-state index contributed by atoms with van der Waals surface area (Å²) in [4.78, 5) is 15.3. The maximum atomic E-state index is 13.3. The number of nitrogens with zero attached hydrogens (tertiary/aromatic N) is 1. The molecular formula is C27H30N2O3. The molecule has 0 heterocycles. The molecule has 1 saturated carbocycles. The largest absolute Gasteiger partial charge is 0.492 e. The highest BCUT2D eigenvalue weighted by molar-refractivity contribution is 5.97. The number of carbonyl (C=O) groups excluding carboxylic acids is 1. The van der Waals surface area contributed by atoms with Gasteiger partial charge in [0.05, 0.1) is 5.54 Å². The van der Waals surface area contributed by atoms with E-state index in [1.807, 2.05) is 93.8 Å². The molecule has 0 spiro atoms. The molecule has 0 unspecified atom stereocenters. The number of hydrogen-bond donors (Lipinski definition) is 1. The number of ether oxygens (including phenoxy) is 2. The van der Waals surface area contributed by atoms with E-state index in [1.54, 1.807) is 0 Å². The Morgan fingerprint density at radius 1 is 0.969 bits per heavy atom. The average Bonchev–Trinajstić information content (AvgIpc) is 3.56. The zero-order valence-corrected chi connectivity index (χ0v) is 18.9. The molecule has 1 amide bonds. The van der Waals surface area contributed by atoms with Crippen molar-refractivity contribution in [3.05, 3.63) is 89.5 Å². The van der Waals surface area contributed by atoms with Crippen molar-refractivity contribution in [3.8, 4) is 17.2 Å². The third-order valence-corrected chi connectivity index (χ3v) is 5.74. The van der Waals surface area contributed by atoms with Gasteiger partial charge in [-0.15, -0.1) is 0 Å². The van der Waals surface area contributed by atoms with Gasteiger partial charge in [-0.25, -0.2) is 0 Å². The SMILES string of the molecule is Cc1ccc(OCCN(C)C)cc1C(=O)NC1(c2ccccc2Oc2ccccc2)CC1. The molecule has 166 valence electrons. The monoisotopic (exact) mass is 430 g/mol. The van der Waals surface area contributed by atoms with Crippen LogP contribution in [-0.2, 0) is 5.54 Å². The highest BCUT2D eigenvalue weighted by Crippen LogP contribution is 2.49. The molecule has 4 rings (SSSR count). The number of carbonyl (C=O) groups is 1. The summed E-state index contributed by atoms with van der Waals surface area (Å²) in [5, 5.41) is 3.29. The van der Waals surface area contributed by atoms with Crippen LogP contribution in [0.1, 0.15) is 34.3 Å². The van der Waals surface area contributed by atoms with E-state index in [-0.39, 0.29) is 5.91 Å². The summed E-state index contributed by atoms with van der Waals surface area (Å²) >= 11 is 0. The van der Waals surface area contributed by atoms with Crippen molar-refractivity contribution >= 4 is 5.91 Å². The van der Waals surface area contributed by atoms with Crippen LogP contribution >= 0.6 is 0 Å². The van der Waals surface area contributed by atoms with Crippen LogP contribution in [-0.4, -0.2) is 38.1 Å². The lowest BCUT2D eigenvalue weighted by molar-refractivity contribution is 0.0929. The van der Waals surface area contributed by atoms with E-state index in [0.29, 0.717) is 17.9 Å². The number of para-hydroxylation sites is 2. The molecule has 0 bridgehead atoms. The van der Waals surface area contributed by atoms with E-state index in [9.17, 15) is 4.79 Å². The minimum atomic E-state index is -0.406. The maximum absolute atomic E-state index is 13.3. The summed E-state index contributed by atoms with van der Waals surface area (Å²) in [7, 11) is 4.01. The maximum Gasteiger partial charge on any atom is 0.252 e. The van der Waals surface area contributed by atoms with E-state index in [4.69, 9.17) is 9.47 Å². The average molecular weight is 431 g/mol. The van der Waals surface area contributed by atoms with Crippen molar-refractivity contribution < 1.29 is 14.3 Å². The Kier molecular flexibility index (Phi) is 6.47. The zero-order chi connectivity index (χ0) is 22.6. The lowest BCUT2D eigenvalue weighted by atomic mass is 10.0. The van der Waals surface area contributed by atoms with Crippen molar-refractivity contribution in [2.75, 3.05) is 27.2 Å².